The molecule has 3 aliphatic rings. The Labute approximate surface area is 249 Å². The van der Waals surface area contributed by atoms with E-state index in [9.17, 15) is 0 Å². The quantitative estimate of drug-likeness (QED) is 0.261. The Balaban J connectivity index is 1.27. The minimum Gasteiger partial charge on any atom is -0.423 e. The van der Waals surface area contributed by atoms with Crippen LogP contribution in [0.4, 0.5) is 5.88 Å². The van der Waals surface area contributed by atoms with Gasteiger partial charge < -0.3 is 14.2 Å². The summed E-state index contributed by atoms with van der Waals surface area (Å²) >= 11 is 3.97. The van der Waals surface area contributed by atoms with Crippen LogP contribution >= 0.6 is 23.1 Å². The standard InChI is InChI=1S/C33H46N4OS2/c1-35(2)30(29-12-9-21-40-29)26-13-15-27(16-14-26)31(36-17-7-4-8-18-36)32-34-28(24-25-10-5-3-6-11-25)33(38-32)37-19-22-39-23-20-37/h3,5-6,9-12,21,26-27,30-31H,4,7-8,13-20,22-24H2,1-2H3. The molecule has 5 nitrogen and oxygen atoms in total. The zero-order valence-electron chi connectivity index (χ0n) is 24.3. The number of rotatable bonds is 9. The summed E-state index contributed by atoms with van der Waals surface area (Å²) in [4.78, 5) is 14.6. The van der Waals surface area contributed by atoms with Crippen LogP contribution < -0.4 is 4.90 Å². The molecule has 2 unspecified atom stereocenters. The van der Waals surface area contributed by atoms with E-state index in [0.717, 1.165) is 48.5 Å². The van der Waals surface area contributed by atoms with Crippen molar-refractivity contribution in [3.8, 4) is 0 Å². The fourth-order valence-electron chi connectivity index (χ4n) is 7.40. The number of thiophene rings is 1. The molecule has 0 amide bonds. The number of hydrogen-bond acceptors (Lipinski definition) is 7. The van der Waals surface area contributed by atoms with Crippen molar-refractivity contribution in [3.63, 3.8) is 0 Å². The van der Waals surface area contributed by atoms with Crippen molar-refractivity contribution in [1.82, 2.24) is 14.8 Å². The highest BCUT2D eigenvalue weighted by Gasteiger charge is 2.39. The smallest absolute Gasteiger partial charge is 0.220 e. The first kappa shape index (κ1) is 28.3. The van der Waals surface area contributed by atoms with Crippen LogP contribution in [0.2, 0.25) is 0 Å². The van der Waals surface area contributed by atoms with Gasteiger partial charge in [-0.25, -0.2) is 4.98 Å². The molecule has 4 heterocycles. The molecule has 0 bridgehead atoms. The molecule has 2 saturated heterocycles. The van der Waals surface area contributed by atoms with Crippen LogP contribution in [-0.2, 0) is 6.42 Å². The first-order valence-corrected chi connectivity index (χ1v) is 17.5. The molecule has 0 radical (unpaired) electrons. The van der Waals surface area contributed by atoms with Gasteiger partial charge in [-0.3, -0.25) is 4.90 Å². The highest BCUT2D eigenvalue weighted by molar-refractivity contribution is 7.99. The second-order valence-electron chi connectivity index (χ2n) is 12.2. The fraction of sp³-hybridized carbons (Fsp3) is 0.606. The van der Waals surface area contributed by atoms with Crippen molar-refractivity contribution < 1.29 is 4.42 Å². The van der Waals surface area contributed by atoms with E-state index in [-0.39, 0.29) is 0 Å². The lowest BCUT2D eigenvalue weighted by atomic mass is 9.74. The van der Waals surface area contributed by atoms with Crippen LogP contribution in [0.1, 0.15) is 79.1 Å². The number of aromatic nitrogens is 1. The van der Waals surface area contributed by atoms with Gasteiger partial charge in [-0.1, -0.05) is 42.8 Å². The topological polar surface area (TPSA) is 35.8 Å². The summed E-state index contributed by atoms with van der Waals surface area (Å²) in [5, 5.41) is 2.23. The molecule has 0 N–H and O–H groups in total. The van der Waals surface area contributed by atoms with Crippen LogP contribution in [0.5, 0.6) is 0 Å². The van der Waals surface area contributed by atoms with E-state index >= 15 is 0 Å². The van der Waals surface area contributed by atoms with Crippen molar-refractivity contribution in [2.24, 2.45) is 11.8 Å². The molecule has 40 heavy (non-hydrogen) atoms. The Morgan fingerprint density at radius 3 is 2.30 bits per heavy atom. The molecular formula is C33H46N4OS2. The molecule has 1 saturated carbocycles. The summed E-state index contributed by atoms with van der Waals surface area (Å²) in [6.45, 7) is 4.45. The maximum Gasteiger partial charge on any atom is 0.220 e. The van der Waals surface area contributed by atoms with Gasteiger partial charge in [0.2, 0.25) is 11.8 Å². The summed E-state index contributed by atoms with van der Waals surface area (Å²) in [7, 11) is 4.52. The first-order valence-electron chi connectivity index (χ1n) is 15.5. The Morgan fingerprint density at radius 2 is 1.62 bits per heavy atom. The third kappa shape index (κ3) is 6.48. The minimum atomic E-state index is 0.295. The van der Waals surface area contributed by atoms with E-state index in [4.69, 9.17) is 9.40 Å². The minimum absolute atomic E-state index is 0.295. The predicted octanol–water partition coefficient (Wildman–Crippen LogP) is 7.52. The number of piperidine rings is 1. The monoisotopic (exact) mass is 578 g/mol. The molecule has 0 spiro atoms. The number of nitrogens with zero attached hydrogens (tertiary/aromatic N) is 4. The van der Waals surface area contributed by atoms with E-state index in [2.05, 4.69) is 88.4 Å². The van der Waals surface area contributed by atoms with Gasteiger partial charge >= 0.3 is 0 Å². The van der Waals surface area contributed by atoms with E-state index in [0.29, 0.717) is 23.9 Å². The summed E-state index contributed by atoms with van der Waals surface area (Å²) in [5.74, 6) is 5.68. The molecule has 3 aromatic rings. The molecule has 6 rings (SSSR count). The molecular weight excluding hydrogens is 533 g/mol. The average Bonchev–Trinajstić information content (AvgIpc) is 3.66. The van der Waals surface area contributed by atoms with E-state index in [1.54, 1.807) is 0 Å². The maximum atomic E-state index is 6.92. The molecule has 1 aromatic carbocycles. The second kappa shape index (κ2) is 13.5. The molecule has 2 aromatic heterocycles. The van der Waals surface area contributed by atoms with Gasteiger partial charge in [0.1, 0.15) is 5.69 Å². The summed E-state index contributed by atoms with van der Waals surface area (Å²) in [6.07, 6.45) is 9.85. The second-order valence-corrected chi connectivity index (χ2v) is 14.4. The fourth-order valence-corrected chi connectivity index (χ4v) is 9.32. The van der Waals surface area contributed by atoms with E-state index in [1.165, 1.54) is 68.5 Å². The van der Waals surface area contributed by atoms with Gasteiger partial charge in [0.25, 0.3) is 0 Å². The lowest BCUT2D eigenvalue weighted by Crippen LogP contribution is -2.40. The van der Waals surface area contributed by atoms with Crippen LogP contribution in [0.15, 0.2) is 52.3 Å². The Morgan fingerprint density at radius 1 is 0.900 bits per heavy atom. The number of thioether (sulfide) groups is 1. The van der Waals surface area contributed by atoms with Crippen LogP contribution in [0, 0.1) is 11.8 Å². The number of benzene rings is 1. The third-order valence-electron chi connectivity index (χ3n) is 9.34. The predicted molar refractivity (Wildman–Crippen MR) is 170 cm³/mol. The molecule has 3 fully saturated rings. The van der Waals surface area contributed by atoms with Gasteiger partial charge in [0, 0.05) is 41.9 Å². The van der Waals surface area contributed by atoms with Crippen LogP contribution in [0.25, 0.3) is 0 Å². The molecule has 2 aliphatic heterocycles. The zero-order valence-corrected chi connectivity index (χ0v) is 26.0. The highest BCUT2D eigenvalue weighted by Crippen LogP contribution is 2.46. The van der Waals surface area contributed by atoms with Gasteiger partial charge in [0.05, 0.1) is 6.04 Å². The summed E-state index contributed by atoms with van der Waals surface area (Å²) in [6, 6.07) is 16.2. The van der Waals surface area contributed by atoms with E-state index < -0.39 is 0 Å². The Hall–Kier alpha value is -1.80. The molecule has 2 atom stereocenters. The number of oxazole rings is 1. The van der Waals surface area contributed by atoms with Gasteiger partial charge in [-0.2, -0.15) is 11.8 Å². The van der Waals surface area contributed by atoms with Crippen molar-refractivity contribution >= 4 is 29.0 Å². The highest BCUT2D eigenvalue weighted by atomic mass is 32.2. The van der Waals surface area contributed by atoms with Gasteiger partial charge in [-0.05, 0) is 94.6 Å². The van der Waals surface area contributed by atoms with Crippen molar-refractivity contribution in [1.29, 1.82) is 0 Å². The van der Waals surface area contributed by atoms with Crippen LogP contribution in [-0.4, -0.2) is 66.6 Å². The van der Waals surface area contributed by atoms with Gasteiger partial charge in [0.15, 0.2) is 0 Å². The largest absolute Gasteiger partial charge is 0.423 e. The van der Waals surface area contributed by atoms with Crippen molar-refractivity contribution in [3.05, 3.63) is 69.9 Å². The number of hydrogen-bond donors (Lipinski definition) is 0. The molecule has 216 valence electrons. The van der Waals surface area contributed by atoms with Crippen molar-refractivity contribution in [2.75, 3.05) is 56.7 Å². The first-order chi connectivity index (χ1) is 19.7. The third-order valence-corrected chi connectivity index (χ3v) is 11.2. The molecule has 7 heteroatoms. The van der Waals surface area contributed by atoms with Crippen LogP contribution in [0.3, 0.4) is 0 Å². The lowest BCUT2D eigenvalue weighted by molar-refractivity contribution is 0.0564. The lowest BCUT2D eigenvalue weighted by Gasteiger charge is -2.42. The SMILES string of the molecule is CN(C)C(c1cccs1)C1CCC(C(c2nc(Cc3ccccc3)c(N3CCSCC3)o2)N2CCCCC2)CC1. The maximum absolute atomic E-state index is 6.92. The Kier molecular flexibility index (Phi) is 9.53. The zero-order chi connectivity index (χ0) is 27.3. The van der Waals surface area contributed by atoms with E-state index in [1.807, 2.05) is 11.3 Å². The summed E-state index contributed by atoms with van der Waals surface area (Å²) in [5.41, 5.74) is 2.45. The Bertz CT molecular complexity index is 1160. The summed E-state index contributed by atoms with van der Waals surface area (Å²) < 4.78 is 6.92. The average molecular weight is 579 g/mol. The number of anilines is 1. The van der Waals surface area contributed by atoms with Gasteiger partial charge in [-0.15, -0.1) is 11.3 Å². The number of likely N-dealkylation sites (tertiary alicyclic amines) is 1. The van der Waals surface area contributed by atoms with Crippen molar-refractivity contribution in [2.45, 2.75) is 63.5 Å². The molecule has 1 aliphatic carbocycles. The normalized spacial score (nSPS) is 24.3.